The molecule has 0 aliphatic heterocycles. The topological polar surface area (TPSA) is 59.5 Å². The Hall–Kier alpha value is -3.51. The van der Waals surface area contributed by atoms with Crippen LogP contribution in [0.2, 0.25) is 0 Å². The van der Waals surface area contributed by atoms with Crippen LogP contribution in [0.4, 0.5) is 10.8 Å². The number of carbonyl (C=O) groups is 2. The third-order valence-corrected chi connectivity index (χ3v) is 5.48. The van der Waals surface area contributed by atoms with Crippen LogP contribution in [0.25, 0.3) is 10.8 Å². The second-order valence-electron chi connectivity index (χ2n) is 6.83. The molecule has 0 N–H and O–H groups in total. The molecule has 3 aromatic carbocycles. The highest BCUT2D eigenvalue weighted by molar-refractivity contribution is 7.14. The number of para-hydroxylation sites is 1. The maximum atomic E-state index is 12.3. The summed E-state index contributed by atoms with van der Waals surface area (Å²) in [6, 6.07) is 23.3. The fraction of sp³-hybridized carbons (Fsp3) is 0.125. The Bertz CT molecular complexity index is 1190. The van der Waals surface area contributed by atoms with Gasteiger partial charge in [-0.15, -0.1) is 11.3 Å². The zero-order valence-electron chi connectivity index (χ0n) is 16.4. The normalized spacial score (nSPS) is 10.7. The van der Waals surface area contributed by atoms with E-state index in [0.717, 1.165) is 22.0 Å². The van der Waals surface area contributed by atoms with E-state index in [-0.39, 0.29) is 24.9 Å². The quantitative estimate of drug-likeness (QED) is 0.402. The molecule has 0 spiro atoms. The molecule has 150 valence electrons. The summed E-state index contributed by atoms with van der Waals surface area (Å²) in [6.45, 7) is 1.57. The van der Waals surface area contributed by atoms with Crippen LogP contribution in [0.5, 0.6) is 0 Å². The molecule has 0 atom stereocenters. The van der Waals surface area contributed by atoms with E-state index in [2.05, 4.69) is 4.98 Å². The Morgan fingerprint density at radius 2 is 1.70 bits per heavy atom. The van der Waals surface area contributed by atoms with Crippen LogP contribution >= 0.6 is 11.3 Å². The second kappa shape index (κ2) is 8.88. The Labute approximate surface area is 178 Å². The average Bonchev–Trinajstić information content (AvgIpc) is 3.21. The van der Waals surface area contributed by atoms with Gasteiger partial charge < -0.3 is 4.74 Å². The lowest BCUT2D eigenvalue weighted by Crippen LogP contribution is -2.22. The van der Waals surface area contributed by atoms with Gasteiger partial charge in [-0.3, -0.25) is 14.5 Å². The van der Waals surface area contributed by atoms with Crippen LogP contribution in [0.3, 0.4) is 0 Å². The zero-order chi connectivity index (χ0) is 20.9. The predicted octanol–water partition coefficient (Wildman–Crippen LogP) is 5.27. The lowest BCUT2D eigenvalue weighted by atomic mass is 10.1. The first-order chi connectivity index (χ1) is 14.6. The first kappa shape index (κ1) is 19.8. The van der Waals surface area contributed by atoms with Gasteiger partial charge in [0.25, 0.3) is 0 Å². The number of rotatable bonds is 6. The number of hydrogen-bond donors (Lipinski definition) is 0. The van der Waals surface area contributed by atoms with E-state index >= 15 is 0 Å². The van der Waals surface area contributed by atoms with Crippen LogP contribution in [-0.4, -0.2) is 16.9 Å². The highest BCUT2D eigenvalue weighted by Crippen LogP contribution is 2.29. The number of esters is 1. The van der Waals surface area contributed by atoms with Gasteiger partial charge in [0.15, 0.2) is 5.13 Å². The van der Waals surface area contributed by atoms with Crippen molar-refractivity contribution in [1.29, 1.82) is 0 Å². The van der Waals surface area contributed by atoms with Crippen molar-refractivity contribution >= 4 is 44.8 Å². The largest absolute Gasteiger partial charge is 0.459 e. The van der Waals surface area contributed by atoms with E-state index in [1.807, 2.05) is 72.8 Å². The Morgan fingerprint density at radius 3 is 2.47 bits per heavy atom. The van der Waals surface area contributed by atoms with Crippen molar-refractivity contribution in [3.05, 3.63) is 89.4 Å². The molecule has 4 rings (SSSR count). The van der Waals surface area contributed by atoms with E-state index < -0.39 is 0 Å². The highest BCUT2D eigenvalue weighted by Gasteiger charge is 2.18. The van der Waals surface area contributed by atoms with E-state index in [9.17, 15) is 9.59 Å². The van der Waals surface area contributed by atoms with Crippen LogP contribution in [-0.2, 0) is 27.4 Å². The average molecular weight is 417 g/mol. The third-order valence-electron chi connectivity index (χ3n) is 4.60. The molecule has 1 amide bonds. The molecule has 0 unspecified atom stereocenters. The standard InChI is InChI=1S/C24H20N2O3S/c1-17(27)26(22-9-3-2-4-10-22)24-25-21(16-30-24)15-29-23(28)14-18-11-12-19-7-5-6-8-20(19)13-18/h2-13,16H,14-15H2,1H3. The van der Waals surface area contributed by atoms with Gasteiger partial charge in [-0.25, -0.2) is 4.98 Å². The molecule has 0 aliphatic carbocycles. The number of anilines is 2. The molecular formula is C24H20N2O3S. The molecule has 0 bridgehead atoms. The summed E-state index contributed by atoms with van der Waals surface area (Å²) < 4.78 is 5.41. The molecule has 6 heteroatoms. The Kier molecular flexibility index (Phi) is 5.86. The number of carbonyl (C=O) groups excluding carboxylic acids is 2. The lowest BCUT2D eigenvalue weighted by molar-refractivity contribution is -0.144. The molecule has 1 aromatic heterocycles. The van der Waals surface area contributed by atoms with Crippen LogP contribution in [0.15, 0.2) is 78.2 Å². The number of amides is 1. The molecular weight excluding hydrogens is 396 g/mol. The van der Waals surface area contributed by atoms with Crippen LogP contribution < -0.4 is 4.90 Å². The zero-order valence-corrected chi connectivity index (χ0v) is 17.3. The van der Waals surface area contributed by atoms with Crippen LogP contribution in [0.1, 0.15) is 18.2 Å². The minimum Gasteiger partial charge on any atom is -0.459 e. The summed E-state index contributed by atoms with van der Waals surface area (Å²) >= 11 is 1.34. The van der Waals surface area contributed by atoms with Crippen LogP contribution in [0, 0.1) is 0 Å². The Morgan fingerprint density at radius 1 is 0.967 bits per heavy atom. The third kappa shape index (κ3) is 4.55. The van der Waals surface area contributed by atoms with Crippen molar-refractivity contribution in [2.45, 2.75) is 20.0 Å². The fourth-order valence-corrected chi connectivity index (χ4v) is 4.06. The van der Waals surface area contributed by atoms with E-state index in [0.29, 0.717) is 10.8 Å². The van der Waals surface area contributed by atoms with E-state index in [4.69, 9.17) is 4.74 Å². The predicted molar refractivity (Wildman–Crippen MR) is 119 cm³/mol. The first-order valence-electron chi connectivity index (χ1n) is 9.53. The molecule has 0 saturated carbocycles. The van der Waals surface area contributed by atoms with Gasteiger partial charge in [-0.1, -0.05) is 60.7 Å². The number of benzene rings is 3. The molecule has 1 heterocycles. The van der Waals surface area contributed by atoms with Gasteiger partial charge in [0.1, 0.15) is 6.61 Å². The maximum absolute atomic E-state index is 12.3. The summed E-state index contributed by atoms with van der Waals surface area (Å²) in [4.78, 5) is 30.4. The molecule has 0 aliphatic rings. The van der Waals surface area contributed by atoms with Crippen molar-refractivity contribution < 1.29 is 14.3 Å². The Balaban J connectivity index is 1.39. The second-order valence-corrected chi connectivity index (χ2v) is 7.67. The van der Waals surface area contributed by atoms with E-state index in [1.54, 1.807) is 10.3 Å². The summed E-state index contributed by atoms with van der Waals surface area (Å²) in [5.74, 6) is -0.443. The smallest absolute Gasteiger partial charge is 0.310 e. The molecule has 5 nitrogen and oxygen atoms in total. The van der Waals surface area contributed by atoms with Crippen molar-refractivity contribution in [3.8, 4) is 0 Å². The highest BCUT2D eigenvalue weighted by atomic mass is 32.1. The molecule has 0 radical (unpaired) electrons. The molecule has 30 heavy (non-hydrogen) atoms. The number of ether oxygens (including phenoxy) is 1. The van der Waals surface area contributed by atoms with Gasteiger partial charge in [-0.2, -0.15) is 0 Å². The number of thiazole rings is 1. The monoisotopic (exact) mass is 416 g/mol. The number of nitrogens with zero attached hydrogens (tertiary/aromatic N) is 2. The van der Waals surface area contributed by atoms with Crippen molar-refractivity contribution in [2.24, 2.45) is 0 Å². The number of aromatic nitrogens is 1. The number of hydrogen-bond acceptors (Lipinski definition) is 5. The van der Waals surface area contributed by atoms with Crippen molar-refractivity contribution in [3.63, 3.8) is 0 Å². The van der Waals surface area contributed by atoms with Gasteiger partial charge >= 0.3 is 5.97 Å². The lowest BCUT2D eigenvalue weighted by Gasteiger charge is -2.17. The van der Waals surface area contributed by atoms with Gasteiger partial charge in [-0.05, 0) is 28.5 Å². The summed E-state index contributed by atoms with van der Waals surface area (Å²) in [5.41, 5.74) is 2.27. The minimum absolute atomic E-state index is 0.0729. The summed E-state index contributed by atoms with van der Waals surface area (Å²) in [5, 5.41) is 4.59. The van der Waals surface area contributed by atoms with E-state index in [1.165, 1.54) is 18.3 Å². The first-order valence-corrected chi connectivity index (χ1v) is 10.4. The summed E-state index contributed by atoms with van der Waals surface area (Å²) in [6.07, 6.45) is 0.200. The molecule has 0 fully saturated rings. The molecule has 4 aromatic rings. The van der Waals surface area contributed by atoms with Gasteiger partial charge in [0.2, 0.25) is 5.91 Å². The molecule has 0 saturated heterocycles. The van der Waals surface area contributed by atoms with Gasteiger partial charge in [0.05, 0.1) is 17.8 Å². The van der Waals surface area contributed by atoms with Crippen molar-refractivity contribution in [2.75, 3.05) is 4.90 Å². The summed E-state index contributed by atoms with van der Waals surface area (Å²) in [7, 11) is 0. The fourth-order valence-electron chi connectivity index (χ4n) is 3.19. The van der Waals surface area contributed by atoms with Crippen molar-refractivity contribution in [1.82, 2.24) is 4.98 Å². The van der Waals surface area contributed by atoms with Gasteiger partial charge in [0, 0.05) is 12.3 Å². The minimum atomic E-state index is -0.314. The number of fused-ring (bicyclic) bond motifs is 1. The maximum Gasteiger partial charge on any atom is 0.310 e. The SMILES string of the molecule is CC(=O)N(c1ccccc1)c1nc(COC(=O)Cc2ccc3ccccc3c2)cs1.